The predicted molar refractivity (Wildman–Crippen MR) is 112 cm³/mol. The van der Waals surface area contributed by atoms with Gasteiger partial charge in [-0.1, -0.05) is 23.7 Å². The highest BCUT2D eigenvalue weighted by Crippen LogP contribution is 2.23. The maximum Gasteiger partial charge on any atom is 0.240 e. The van der Waals surface area contributed by atoms with Crippen LogP contribution < -0.4 is 14.9 Å². The molecular formula is C20H24ClN3O3S. The number of hydrogen-bond acceptors (Lipinski definition) is 4. The lowest BCUT2D eigenvalue weighted by molar-refractivity contribution is -0.116. The highest BCUT2D eigenvalue weighted by atomic mass is 35.5. The largest absolute Gasteiger partial charge is 0.371 e. The first kappa shape index (κ1) is 20.6. The van der Waals surface area contributed by atoms with Gasteiger partial charge in [0, 0.05) is 42.5 Å². The molecule has 8 heteroatoms. The molecule has 1 heterocycles. The summed E-state index contributed by atoms with van der Waals surface area (Å²) in [5, 5.41) is 3.18. The van der Waals surface area contributed by atoms with Crippen molar-refractivity contribution in [3.05, 3.63) is 53.6 Å². The highest BCUT2D eigenvalue weighted by molar-refractivity contribution is 7.89. The van der Waals surface area contributed by atoms with Crippen molar-refractivity contribution in [2.75, 3.05) is 29.9 Å². The van der Waals surface area contributed by atoms with Crippen molar-refractivity contribution in [1.29, 1.82) is 0 Å². The van der Waals surface area contributed by atoms with Gasteiger partial charge in [0.05, 0.1) is 4.90 Å². The Balaban J connectivity index is 1.52. The standard InChI is InChI=1S/C20H24ClN3O3S/c21-16-6-4-9-19(14-16)28(26,27)22-11-10-20(25)23-17-7-5-8-18(15-17)24-12-2-1-3-13-24/h4-9,14-15,22H,1-3,10-13H2,(H,23,25). The summed E-state index contributed by atoms with van der Waals surface area (Å²) in [5.74, 6) is -0.246. The minimum atomic E-state index is -3.69. The molecule has 2 N–H and O–H groups in total. The highest BCUT2D eigenvalue weighted by Gasteiger charge is 2.15. The number of rotatable bonds is 7. The number of hydrogen-bond donors (Lipinski definition) is 2. The Kier molecular flexibility index (Phi) is 6.93. The Morgan fingerprint density at radius 2 is 1.79 bits per heavy atom. The van der Waals surface area contributed by atoms with Crippen LogP contribution in [0.25, 0.3) is 0 Å². The van der Waals surface area contributed by atoms with Gasteiger partial charge < -0.3 is 10.2 Å². The minimum absolute atomic E-state index is 0.00644. The molecule has 1 saturated heterocycles. The fourth-order valence-electron chi connectivity index (χ4n) is 3.17. The van der Waals surface area contributed by atoms with E-state index in [-0.39, 0.29) is 23.8 Å². The molecule has 1 aliphatic rings. The summed E-state index contributed by atoms with van der Waals surface area (Å²) < 4.78 is 26.9. The zero-order valence-corrected chi connectivity index (χ0v) is 17.1. The first-order chi connectivity index (χ1) is 13.4. The van der Waals surface area contributed by atoms with Crippen LogP contribution in [-0.4, -0.2) is 34.0 Å². The molecule has 0 unspecified atom stereocenters. The maximum atomic E-state index is 12.2. The van der Waals surface area contributed by atoms with Crippen LogP contribution in [0.15, 0.2) is 53.4 Å². The van der Waals surface area contributed by atoms with Crippen molar-refractivity contribution >= 4 is 38.9 Å². The van der Waals surface area contributed by atoms with E-state index in [0.29, 0.717) is 10.7 Å². The second-order valence-corrected chi connectivity index (χ2v) is 8.95. The van der Waals surface area contributed by atoms with Crippen LogP contribution >= 0.6 is 11.6 Å². The lowest BCUT2D eigenvalue weighted by atomic mass is 10.1. The molecule has 2 aromatic rings. The first-order valence-corrected chi connectivity index (χ1v) is 11.2. The summed E-state index contributed by atoms with van der Waals surface area (Å²) >= 11 is 5.83. The average molecular weight is 422 g/mol. The van der Waals surface area contributed by atoms with Crippen molar-refractivity contribution in [1.82, 2.24) is 4.72 Å². The van der Waals surface area contributed by atoms with E-state index in [9.17, 15) is 13.2 Å². The second kappa shape index (κ2) is 9.41. The Bertz CT molecular complexity index is 928. The van der Waals surface area contributed by atoms with Crippen molar-refractivity contribution in [3.8, 4) is 0 Å². The summed E-state index contributed by atoms with van der Waals surface area (Å²) in [6.45, 7) is 2.07. The van der Waals surface area contributed by atoms with E-state index in [4.69, 9.17) is 11.6 Å². The molecule has 3 rings (SSSR count). The molecule has 0 bridgehead atoms. The average Bonchev–Trinajstić information content (AvgIpc) is 2.69. The van der Waals surface area contributed by atoms with E-state index in [0.717, 1.165) is 18.8 Å². The van der Waals surface area contributed by atoms with E-state index in [1.165, 1.54) is 31.4 Å². The predicted octanol–water partition coefficient (Wildman–Crippen LogP) is 3.64. The van der Waals surface area contributed by atoms with Gasteiger partial charge in [-0.25, -0.2) is 13.1 Å². The lowest BCUT2D eigenvalue weighted by Crippen LogP contribution is -2.29. The van der Waals surface area contributed by atoms with Gasteiger partial charge in [0.15, 0.2) is 0 Å². The third kappa shape index (κ3) is 5.70. The summed E-state index contributed by atoms with van der Waals surface area (Å²) in [6.07, 6.45) is 3.67. The molecule has 0 radical (unpaired) electrons. The topological polar surface area (TPSA) is 78.5 Å². The van der Waals surface area contributed by atoms with Gasteiger partial charge in [0.2, 0.25) is 15.9 Å². The van der Waals surface area contributed by atoms with E-state index in [1.54, 1.807) is 12.1 Å². The number of amides is 1. The van der Waals surface area contributed by atoms with Crippen LogP contribution in [-0.2, 0) is 14.8 Å². The molecule has 0 aromatic heterocycles. The molecular weight excluding hydrogens is 398 g/mol. The van der Waals surface area contributed by atoms with Gasteiger partial charge in [0.1, 0.15) is 0 Å². The fourth-order valence-corrected chi connectivity index (χ4v) is 4.50. The molecule has 1 amide bonds. The monoisotopic (exact) mass is 421 g/mol. The summed E-state index contributed by atoms with van der Waals surface area (Å²) in [7, 11) is -3.69. The molecule has 28 heavy (non-hydrogen) atoms. The molecule has 0 atom stereocenters. The van der Waals surface area contributed by atoms with Crippen LogP contribution in [0, 0.1) is 0 Å². The Hall–Kier alpha value is -2.09. The Labute approximate surface area is 170 Å². The normalized spacial score (nSPS) is 14.7. The molecule has 0 saturated carbocycles. The number of halogens is 1. The number of anilines is 2. The lowest BCUT2D eigenvalue weighted by Gasteiger charge is -2.29. The van der Waals surface area contributed by atoms with Crippen molar-refractivity contribution in [2.24, 2.45) is 0 Å². The molecule has 2 aromatic carbocycles. The van der Waals surface area contributed by atoms with E-state index in [2.05, 4.69) is 14.9 Å². The van der Waals surface area contributed by atoms with Crippen molar-refractivity contribution < 1.29 is 13.2 Å². The second-order valence-electron chi connectivity index (χ2n) is 6.75. The number of carbonyl (C=O) groups is 1. The third-order valence-corrected chi connectivity index (χ3v) is 6.30. The molecule has 0 aliphatic carbocycles. The number of sulfonamides is 1. The number of piperidine rings is 1. The SMILES string of the molecule is O=C(CCNS(=O)(=O)c1cccc(Cl)c1)Nc1cccc(N2CCCCC2)c1. The zero-order chi connectivity index (χ0) is 20.0. The molecule has 1 aliphatic heterocycles. The van der Waals surface area contributed by atoms with Crippen LogP contribution in [0.1, 0.15) is 25.7 Å². The first-order valence-electron chi connectivity index (χ1n) is 9.34. The van der Waals surface area contributed by atoms with Crippen LogP contribution in [0.2, 0.25) is 5.02 Å². The fraction of sp³-hybridized carbons (Fsp3) is 0.350. The summed E-state index contributed by atoms with van der Waals surface area (Å²) in [4.78, 5) is 14.6. The van der Waals surface area contributed by atoms with Crippen LogP contribution in [0.5, 0.6) is 0 Å². The van der Waals surface area contributed by atoms with Gasteiger partial charge in [-0.3, -0.25) is 4.79 Å². The van der Waals surface area contributed by atoms with Gasteiger partial charge in [-0.15, -0.1) is 0 Å². The third-order valence-electron chi connectivity index (χ3n) is 4.60. The quantitative estimate of drug-likeness (QED) is 0.715. The number of nitrogens with zero attached hydrogens (tertiary/aromatic N) is 1. The minimum Gasteiger partial charge on any atom is -0.371 e. The summed E-state index contributed by atoms with van der Waals surface area (Å²) in [6, 6.07) is 13.8. The summed E-state index contributed by atoms with van der Waals surface area (Å²) in [5.41, 5.74) is 1.81. The van der Waals surface area contributed by atoms with E-state index < -0.39 is 10.0 Å². The molecule has 150 valence electrons. The van der Waals surface area contributed by atoms with Gasteiger partial charge in [0.25, 0.3) is 0 Å². The number of nitrogens with one attached hydrogen (secondary N) is 2. The van der Waals surface area contributed by atoms with Crippen LogP contribution in [0.3, 0.4) is 0 Å². The Morgan fingerprint density at radius 1 is 1.04 bits per heavy atom. The van der Waals surface area contributed by atoms with Crippen molar-refractivity contribution in [2.45, 2.75) is 30.6 Å². The molecule has 0 spiro atoms. The van der Waals surface area contributed by atoms with Crippen LogP contribution in [0.4, 0.5) is 11.4 Å². The maximum absolute atomic E-state index is 12.2. The number of carbonyl (C=O) groups excluding carboxylic acids is 1. The number of benzene rings is 2. The molecule has 1 fully saturated rings. The Morgan fingerprint density at radius 3 is 2.54 bits per heavy atom. The smallest absolute Gasteiger partial charge is 0.240 e. The van der Waals surface area contributed by atoms with Gasteiger partial charge >= 0.3 is 0 Å². The molecule has 6 nitrogen and oxygen atoms in total. The van der Waals surface area contributed by atoms with E-state index in [1.807, 2.05) is 24.3 Å². The zero-order valence-electron chi connectivity index (χ0n) is 15.5. The van der Waals surface area contributed by atoms with E-state index >= 15 is 0 Å². The van der Waals surface area contributed by atoms with Gasteiger partial charge in [-0.2, -0.15) is 0 Å². The van der Waals surface area contributed by atoms with Gasteiger partial charge in [-0.05, 0) is 55.7 Å². The van der Waals surface area contributed by atoms with Crippen molar-refractivity contribution in [3.63, 3.8) is 0 Å².